The number of benzene rings is 7. The summed E-state index contributed by atoms with van der Waals surface area (Å²) in [4.78, 5) is 23.9. The van der Waals surface area contributed by atoms with Gasteiger partial charge >= 0.3 is 0 Å². The van der Waals surface area contributed by atoms with Gasteiger partial charge in [-0.1, -0.05) is 44.5 Å². The van der Waals surface area contributed by atoms with Gasteiger partial charge in [-0.3, -0.25) is 24.7 Å². The van der Waals surface area contributed by atoms with Crippen molar-refractivity contribution in [2.45, 2.75) is 14.9 Å². The van der Waals surface area contributed by atoms with Gasteiger partial charge in [-0.15, -0.1) is 6.42 Å². The highest BCUT2D eigenvalue weighted by Crippen LogP contribution is 2.43. The lowest BCUT2D eigenvalue weighted by Gasteiger charge is -2.13. The van der Waals surface area contributed by atoms with E-state index in [9.17, 15) is 14.9 Å². The molecule has 0 saturated carbocycles. The van der Waals surface area contributed by atoms with Crippen molar-refractivity contribution in [3.8, 4) is 140 Å². The highest BCUT2D eigenvalue weighted by atomic mass is 19.0. The summed E-state index contributed by atoms with van der Waals surface area (Å²) in [5.74, 6) is 22.5. The van der Waals surface area contributed by atoms with Gasteiger partial charge in [0.05, 0.1) is 156 Å². The zero-order valence-electron chi connectivity index (χ0n) is 55.1. The molecule has 0 saturated heterocycles. The largest absolute Gasteiger partial charge is 0.493 e. The molecule has 0 unspecified atom stereocenters. The highest BCUT2D eigenvalue weighted by molar-refractivity contribution is 6.15. The first-order chi connectivity index (χ1) is 44.9. The maximum atomic E-state index is 13.1. The molecule has 514 valence electrons. The molecule has 1 aromatic heterocycles. The summed E-state index contributed by atoms with van der Waals surface area (Å²) in [7, 11) is 27.3. The number of nitro benzene ring substituents is 1. The van der Waals surface area contributed by atoms with E-state index in [-0.39, 0.29) is 48.0 Å². The van der Waals surface area contributed by atoms with E-state index in [2.05, 4.69) is 39.8 Å². The molecule has 25 nitrogen and oxygen atoms in total. The van der Waals surface area contributed by atoms with E-state index in [0.717, 1.165) is 0 Å². The molecule has 96 heavy (non-hydrogen) atoms. The van der Waals surface area contributed by atoms with E-state index in [1.165, 1.54) is 76.1 Å². The summed E-state index contributed by atoms with van der Waals surface area (Å²) in [5.41, 5.74) is 10.4. The second-order valence-corrected chi connectivity index (χ2v) is 18.2. The van der Waals surface area contributed by atoms with E-state index in [1.54, 1.807) is 137 Å². The van der Waals surface area contributed by atoms with Crippen molar-refractivity contribution in [2.75, 3.05) is 134 Å². The van der Waals surface area contributed by atoms with Crippen molar-refractivity contribution in [3.63, 3.8) is 0 Å². The number of aromatic amines is 1. The third-order valence-electron chi connectivity index (χ3n) is 13.3. The number of anilines is 1. The van der Waals surface area contributed by atoms with Gasteiger partial charge in [0.1, 0.15) is 11.3 Å². The number of terminal acetylenes is 1. The van der Waals surface area contributed by atoms with Crippen molar-refractivity contribution in [1.82, 2.24) is 10.2 Å². The van der Waals surface area contributed by atoms with Crippen LogP contribution in [0.5, 0.6) is 103 Å². The van der Waals surface area contributed by atoms with Crippen LogP contribution in [-0.2, 0) is 0 Å². The van der Waals surface area contributed by atoms with Crippen LogP contribution in [0.25, 0.3) is 10.9 Å². The zero-order chi connectivity index (χ0) is 68.5. The van der Waals surface area contributed by atoms with Gasteiger partial charge in [0.2, 0.25) is 28.8 Å². The van der Waals surface area contributed by atoms with Crippen LogP contribution in [-0.4, -0.2) is 149 Å². The van der Waals surface area contributed by atoms with Crippen LogP contribution in [0.1, 0.15) is 58.7 Å². The number of halogens is 1. The molecule has 0 radical (unpaired) electrons. The standard InChI is InChI=1S/C19H20N2O6.C19H19NO7.C19H21NO5.C11H12O3.2CH4.FH/c1-23-13-8-11-12(9-14(13)24-2)20-21-17(11)18(22)10-6-15(25-3)19(27-5)16(7-10)26-4;1-23-15-10-13(14(20(21)22)11-16(15)24-2)7-6-12-8-17(25-3)19(27-5)18(9-12)26-4;1-21-15-10-13(14(20)11-16(15)22-2)7-6-12-8-17(23-3)19(25-5)18(9-12)24-4;1-5-8-6-9(12-2)11(14-4)10(7-8)13-3;;;/h6-9H,1-5H3,(H,20,21);8-11H,1-5H3;8-11H,20H2,1-5H3;1,6-7H,2-4H3;2*1H4;1H. The minimum atomic E-state index is -0.527. The molecule has 0 bridgehead atoms. The average Bonchev–Trinajstić information content (AvgIpc) is 1.56. The van der Waals surface area contributed by atoms with Gasteiger partial charge in [0.25, 0.3) is 5.69 Å². The first kappa shape index (κ1) is 80.0. The monoisotopic (exact) mass is 1330 g/mol. The Morgan fingerprint density at radius 2 is 0.708 bits per heavy atom. The van der Waals surface area contributed by atoms with Crippen LogP contribution in [0.3, 0.4) is 0 Å². The number of nitrogens with zero attached hydrogens (tertiary/aromatic N) is 2. The van der Waals surface area contributed by atoms with Crippen LogP contribution >= 0.6 is 0 Å². The Morgan fingerprint density at radius 1 is 0.406 bits per heavy atom. The lowest BCUT2D eigenvalue weighted by atomic mass is 10.0. The second-order valence-electron chi connectivity index (χ2n) is 18.2. The highest BCUT2D eigenvalue weighted by Gasteiger charge is 2.24. The number of carbonyl (C=O) groups excluding carboxylic acids is 1. The summed E-state index contributed by atoms with van der Waals surface area (Å²) in [6.07, 6.45) is 5.29. The number of aromatic nitrogens is 2. The van der Waals surface area contributed by atoms with Crippen LogP contribution in [0.15, 0.2) is 84.9 Å². The van der Waals surface area contributed by atoms with E-state index in [4.69, 9.17) is 97.4 Å². The molecule has 0 aliphatic carbocycles. The maximum absolute atomic E-state index is 13.1. The third-order valence-corrected chi connectivity index (χ3v) is 13.3. The van der Waals surface area contributed by atoms with E-state index >= 15 is 0 Å². The summed E-state index contributed by atoms with van der Waals surface area (Å²) in [6.45, 7) is 0. The van der Waals surface area contributed by atoms with Gasteiger partial charge in [0.15, 0.2) is 80.5 Å². The molecule has 3 N–H and O–H groups in total. The third kappa shape index (κ3) is 18.8. The maximum Gasteiger partial charge on any atom is 0.288 e. The smallest absolute Gasteiger partial charge is 0.288 e. The van der Waals surface area contributed by atoms with Crippen LogP contribution in [0.2, 0.25) is 0 Å². The van der Waals surface area contributed by atoms with Crippen LogP contribution in [0.4, 0.5) is 16.1 Å². The lowest BCUT2D eigenvalue weighted by molar-refractivity contribution is -0.385. The SMILES string of the molecule is C.C.C#Cc1cc(OC)c(OC)c(OC)c1.COc1cc(C#Cc2cc(OC)c(OC)c(OC)c2)c([N+](=O)[O-])cc1OC.COc1cc(N)c(C#Cc2cc(OC)c(OC)c(OC)c2)cc1OC.COc1cc2[nH]nc(C(=O)c3cc(OC)c(OC)c(OC)c3)c2cc1OC.F. The second kappa shape index (κ2) is 38.7. The van der Waals surface area contributed by atoms with Crippen molar-refractivity contribution in [3.05, 3.63) is 134 Å². The van der Waals surface area contributed by atoms with Crippen molar-refractivity contribution in [2.24, 2.45) is 0 Å². The molecule has 0 fully saturated rings. The normalized spacial score (nSPS) is 9.51. The number of nitrogen functional groups attached to an aromatic ring is 1. The van der Waals surface area contributed by atoms with Crippen molar-refractivity contribution < 1.29 is 99.7 Å². The number of nitrogens with one attached hydrogen (secondary N) is 1. The quantitative estimate of drug-likeness (QED) is 0.0222. The molecular formula is C70H81FN4O21. The number of ether oxygens (including phenoxy) is 18. The predicted octanol–water partition coefficient (Wildman–Crippen LogP) is 11.7. The first-order valence-corrected chi connectivity index (χ1v) is 27.2. The number of rotatable bonds is 21. The molecule has 0 atom stereocenters. The van der Waals surface area contributed by atoms with Gasteiger partial charge < -0.3 is 91.0 Å². The number of nitro groups is 1. The Morgan fingerprint density at radius 3 is 1.05 bits per heavy atom. The molecule has 0 spiro atoms. The number of hydrogen-bond donors (Lipinski definition) is 2. The average molecular weight is 1330 g/mol. The molecule has 7 aromatic carbocycles. The first-order valence-electron chi connectivity index (χ1n) is 27.2. The topological polar surface area (TPSA) is 281 Å². The fourth-order valence-electron chi connectivity index (χ4n) is 8.74. The minimum Gasteiger partial charge on any atom is -0.493 e. The number of fused-ring (bicyclic) bond motifs is 1. The summed E-state index contributed by atoms with van der Waals surface area (Å²) in [6, 6.07) is 23.1. The minimum absolute atomic E-state index is 0. The molecule has 8 aromatic rings. The Balaban J connectivity index is 0.000000441. The van der Waals surface area contributed by atoms with E-state index < -0.39 is 4.92 Å². The van der Waals surface area contributed by atoms with Gasteiger partial charge in [-0.2, -0.15) is 5.10 Å². The van der Waals surface area contributed by atoms with Crippen molar-refractivity contribution in [1.29, 1.82) is 0 Å². The van der Waals surface area contributed by atoms with Crippen LogP contribution < -0.4 is 91.0 Å². The van der Waals surface area contributed by atoms with Gasteiger partial charge in [-0.25, -0.2) is 0 Å². The molecular weight excluding hydrogens is 1250 g/mol. The fourth-order valence-corrected chi connectivity index (χ4v) is 8.74. The number of hydrogen-bond acceptors (Lipinski definition) is 23. The van der Waals surface area contributed by atoms with Gasteiger partial charge in [0, 0.05) is 51.9 Å². The number of carbonyl (C=O) groups is 1. The zero-order valence-corrected chi connectivity index (χ0v) is 55.1. The van der Waals surface area contributed by atoms with Crippen LogP contribution in [0, 0.1) is 46.1 Å². The summed E-state index contributed by atoms with van der Waals surface area (Å²) >= 11 is 0. The van der Waals surface area contributed by atoms with Crippen molar-refractivity contribution >= 4 is 28.1 Å². The lowest BCUT2D eigenvalue weighted by Crippen LogP contribution is -2.05. The van der Waals surface area contributed by atoms with E-state index in [1.807, 2.05) is 0 Å². The molecule has 0 aliphatic rings. The molecule has 8 rings (SSSR count). The Kier molecular flexibility index (Phi) is 32.2. The number of methoxy groups -OCH3 is 18. The summed E-state index contributed by atoms with van der Waals surface area (Å²) in [5, 5.41) is 19.0. The molecule has 0 aliphatic heterocycles. The summed E-state index contributed by atoms with van der Waals surface area (Å²) < 4.78 is 94.5. The number of nitrogens with two attached hydrogens (primary N) is 1. The fraction of sp³-hybridized carbons (Fsp3) is 0.286. The van der Waals surface area contributed by atoms with Gasteiger partial charge in [-0.05, 0) is 54.6 Å². The molecule has 1 heterocycles. The number of H-pyrrole nitrogens is 1. The Bertz CT molecular complexity index is 4020. The molecule has 0 amide bonds. The number of ketones is 1. The predicted molar refractivity (Wildman–Crippen MR) is 363 cm³/mol. The molecule has 26 heteroatoms. The van der Waals surface area contributed by atoms with E-state index in [0.29, 0.717) is 142 Å². The Hall–Kier alpha value is -12.1. The Labute approximate surface area is 558 Å².